The average Bonchev–Trinajstić information content (AvgIpc) is 3.20. The molecule has 0 saturated carbocycles. The van der Waals surface area contributed by atoms with Gasteiger partial charge in [0, 0.05) is 71.0 Å². The normalized spacial score (nSPS) is 20.8. The minimum absolute atomic E-state index is 0.0806. The summed E-state index contributed by atoms with van der Waals surface area (Å²) >= 11 is 0. The van der Waals surface area contributed by atoms with E-state index in [4.69, 9.17) is 4.74 Å². The zero-order valence-corrected chi connectivity index (χ0v) is 17.6. The largest absolute Gasteiger partial charge is 0.379 e. The molecule has 8 nitrogen and oxygen atoms in total. The van der Waals surface area contributed by atoms with Crippen molar-refractivity contribution in [3.05, 3.63) is 18.2 Å². The van der Waals surface area contributed by atoms with Gasteiger partial charge in [-0.1, -0.05) is 6.92 Å². The van der Waals surface area contributed by atoms with Crippen molar-refractivity contribution in [2.45, 2.75) is 45.6 Å². The highest BCUT2D eigenvalue weighted by Crippen LogP contribution is 2.18. The number of hydrogen-bond acceptors (Lipinski definition) is 5. The van der Waals surface area contributed by atoms with Crippen LogP contribution in [-0.4, -0.2) is 83.6 Å². The lowest BCUT2D eigenvalue weighted by Crippen LogP contribution is -2.47. The molecule has 1 atom stereocenters. The number of ether oxygens (including phenoxy) is 1. The Balaban J connectivity index is 1.34. The SMILES string of the molecule is CCc1nccn1CCCNC(=O)[C@@H]1CCC(=O)N(CCCN2CCOCC2)C1. The molecule has 2 aliphatic heterocycles. The van der Waals surface area contributed by atoms with Crippen LogP contribution in [0.25, 0.3) is 0 Å². The van der Waals surface area contributed by atoms with Crippen LogP contribution in [0.4, 0.5) is 0 Å². The van der Waals surface area contributed by atoms with Gasteiger partial charge in [-0.15, -0.1) is 0 Å². The second-order valence-electron chi connectivity index (χ2n) is 7.92. The molecular weight excluding hydrogens is 370 g/mol. The summed E-state index contributed by atoms with van der Waals surface area (Å²) in [5.41, 5.74) is 0. The first-order valence-electron chi connectivity index (χ1n) is 11.0. The van der Waals surface area contributed by atoms with Gasteiger partial charge in [0.1, 0.15) is 5.82 Å². The van der Waals surface area contributed by atoms with E-state index in [0.29, 0.717) is 25.9 Å². The van der Waals surface area contributed by atoms with E-state index in [2.05, 4.69) is 26.7 Å². The van der Waals surface area contributed by atoms with Crippen LogP contribution in [0.2, 0.25) is 0 Å². The Bertz CT molecular complexity index is 656. The number of carbonyl (C=O) groups is 2. The maximum absolute atomic E-state index is 12.6. The number of morpholine rings is 1. The van der Waals surface area contributed by atoms with Crippen molar-refractivity contribution < 1.29 is 14.3 Å². The molecule has 1 aromatic rings. The summed E-state index contributed by atoms with van der Waals surface area (Å²) in [4.78, 5) is 33.4. The lowest BCUT2D eigenvalue weighted by molar-refractivity contribution is -0.138. The Kier molecular flexibility index (Phi) is 8.49. The molecule has 3 heterocycles. The number of nitrogens with zero attached hydrogens (tertiary/aromatic N) is 4. The van der Waals surface area contributed by atoms with Crippen LogP contribution in [0.5, 0.6) is 0 Å². The Labute approximate surface area is 173 Å². The second kappa shape index (κ2) is 11.3. The molecule has 3 rings (SSSR count). The number of amides is 2. The van der Waals surface area contributed by atoms with Crippen molar-refractivity contribution in [2.24, 2.45) is 5.92 Å². The minimum atomic E-state index is -0.0875. The van der Waals surface area contributed by atoms with E-state index >= 15 is 0 Å². The van der Waals surface area contributed by atoms with E-state index in [1.807, 2.05) is 17.3 Å². The zero-order chi connectivity index (χ0) is 20.5. The monoisotopic (exact) mass is 405 g/mol. The molecule has 2 fully saturated rings. The quantitative estimate of drug-likeness (QED) is 0.586. The van der Waals surface area contributed by atoms with E-state index in [1.54, 1.807) is 0 Å². The van der Waals surface area contributed by atoms with E-state index < -0.39 is 0 Å². The lowest BCUT2D eigenvalue weighted by atomic mass is 9.96. The van der Waals surface area contributed by atoms with Crippen molar-refractivity contribution in [1.82, 2.24) is 24.7 Å². The maximum atomic E-state index is 12.6. The topological polar surface area (TPSA) is 79.7 Å². The van der Waals surface area contributed by atoms with Crippen molar-refractivity contribution in [3.8, 4) is 0 Å². The molecule has 0 spiro atoms. The number of nitrogens with one attached hydrogen (secondary N) is 1. The van der Waals surface area contributed by atoms with Crippen molar-refractivity contribution in [1.29, 1.82) is 0 Å². The number of aromatic nitrogens is 2. The van der Waals surface area contributed by atoms with Gasteiger partial charge in [0.25, 0.3) is 0 Å². The Morgan fingerprint density at radius 3 is 2.86 bits per heavy atom. The van der Waals surface area contributed by atoms with E-state index in [1.165, 1.54) is 0 Å². The molecule has 0 radical (unpaired) electrons. The summed E-state index contributed by atoms with van der Waals surface area (Å²) in [5, 5.41) is 3.06. The van der Waals surface area contributed by atoms with Crippen molar-refractivity contribution >= 4 is 11.8 Å². The summed E-state index contributed by atoms with van der Waals surface area (Å²) in [6.45, 7) is 9.42. The summed E-state index contributed by atoms with van der Waals surface area (Å²) in [6.07, 6.45) is 7.69. The first-order chi connectivity index (χ1) is 14.2. The zero-order valence-electron chi connectivity index (χ0n) is 17.6. The van der Waals surface area contributed by atoms with Crippen LogP contribution < -0.4 is 5.32 Å². The average molecular weight is 406 g/mol. The van der Waals surface area contributed by atoms with Gasteiger partial charge < -0.3 is 19.5 Å². The molecule has 0 aliphatic carbocycles. The molecule has 2 saturated heterocycles. The first kappa shape index (κ1) is 21.8. The Hall–Kier alpha value is -1.93. The molecule has 2 aliphatic rings. The van der Waals surface area contributed by atoms with Gasteiger partial charge >= 0.3 is 0 Å². The third-order valence-corrected chi connectivity index (χ3v) is 5.87. The van der Waals surface area contributed by atoms with Crippen LogP contribution >= 0.6 is 0 Å². The van der Waals surface area contributed by atoms with Gasteiger partial charge in [-0.05, 0) is 19.3 Å². The smallest absolute Gasteiger partial charge is 0.224 e. The second-order valence-corrected chi connectivity index (χ2v) is 7.92. The third kappa shape index (κ3) is 6.54. The van der Waals surface area contributed by atoms with Gasteiger partial charge in [0.15, 0.2) is 0 Å². The summed E-state index contributed by atoms with van der Waals surface area (Å²) < 4.78 is 7.51. The molecule has 29 heavy (non-hydrogen) atoms. The first-order valence-corrected chi connectivity index (χ1v) is 11.0. The maximum Gasteiger partial charge on any atom is 0.224 e. The summed E-state index contributed by atoms with van der Waals surface area (Å²) in [7, 11) is 0. The molecule has 0 unspecified atom stereocenters. The van der Waals surface area contributed by atoms with Gasteiger partial charge in [-0.2, -0.15) is 0 Å². The number of carbonyl (C=O) groups excluding carboxylic acids is 2. The molecule has 1 aromatic heterocycles. The number of rotatable bonds is 10. The van der Waals surface area contributed by atoms with Crippen LogP contribution in [0, 0.1) is 5.92 Å². The fourth-order valence-electron chi connectivity index (χ4n) is 4.12. The van der Waals surface area contributed by atoms with Crippen molar-refractivity contribution in [3.63, 3.8) is 0 Å². The number of hydrogen-bond donors (Lipinski definition) is 1. The number of likely N-dealkylation sites (tertiary alicyclic amines) is 1. The highest BCUT2D eigenvalue weighted by molar-refractivity contribution is 5.83. The highest BCUT2D eigenvalue weighted by atomic mass is 16.5. The highest BCUT2D eigenvalue weighted by Gasteiger charge is 2.29. The van der Waals surface area contributed by atoms with Crippen LogP contribution in [0.15, 0.2) is 12.4 Å². The number of imidazole rings is 1. The molecule has 0 aromatic carbocycles. The predicted octanol–water partition coefficient (Wildman–Crippen LogP) is 0.913. The van der Waals surface area contributed by atoms with E-state index in [-0.39, 0.29) is 17.7 Å². The lowest BCUT2D eigenvalue weighted by Gasteiger charge is -2.33. The fourth-order valence-corrected chi connectivity index (χ4v) is 4.12. The molecule has 162 valence electrons. The van der Waals surface area contributed by atoms with Gasteiger partial charge in [-0.3, -0.25) is 14.5 Å². The standard InChI is InChI=1S/C21H35N5O3/c1-2-19-22-8-12-25(19)10-3-7-23-21(28)18-5-6-20(27)26(17-18)11-4-9-24-13-15-29-16-14-24/h8,12,18H,2-7,9-11,13-17H2,1H3,(H,23,28)/t18-/m1/s1. The van der Waals surface area contributed by atoms with Gasteiger partial charge in [-0.25, -0.2) is 4.98 Å². The van der Waals surface area contributed by atoms with Crippen LogP contribution in [0.3, 0.4) is 0 Å². The van der Waals surface area contributed by atoms with E-state index in [0.717, 1.165) is 71.0 Å². The molecule has 2 amide bonds. The Morgan fingerprint density at radius 2 is 2.07 bits per heavy atom. The number of piperidine rings is 1. The predicted molar refractivity (Wildman–Crippen MR) is 110 cm³/mol. The molecular formula is C21H35N5O3. The summed E-state index contributed by atoms with van der Waals surface area (Å²) in [6, 6.07) is 0. The minimum Gasteiger partial charge on any atom is -0.379 e. The van der Waals surface area contributed by atoms with Crippen LogP contribution in [0.1, 0.15) is 38.4 Å². The molecule has 1 N–H and O–H groups in total. The van der Waals surface area contributed by atoms with E-state index in [9.17, 15) is 9.59 Å². The summed E-state index contributed by atoms with van der Waals surface area (Å²) in [5.74, 6) is 1.26. The fraction of sp³-hybridized carbons (Fsp3) is 0.762. The van der Waals surface area contributed by atoms with Crippen LogP contribution in [-0.2, 0) is 27.3 Å². The third-order valence-electron chi connectivity index (χ3n) is 5.87. The van der Waals surface area contributed by atoms with Crippen molar-refractivity contribution in [2.75, 3.05) is 52.5 Å². The molecule has 8 heteroatoms. The number of aryl methyl sites for hydroxylation is 2. The van der Waals surface area contributed by atoms with Gasteiger partial charge in [0.05, 0.1) is 19.1 Å². The van der Waals surface area contributed by atoms with Gasteiger partial charge in [0.2, 0.25) is 11.8 Å². The Morgan fingerprint density at radius 1 is 1.24 bits per heavy atom. The molecule has 0 bridgehead atoms.